The van der Waals surface area contributed by atoms with E-state index in [2.05, 4.69) is 4.98 Å². The zero-order valence-electron chi connectivity index (χ0n) is 10.5. The average Bonchev–Trinajstić information content (AvgIpc) is 2.77. The van der Waals surface area contributed by atoms with Gasteiger partial charge in [-0.25, -0.2) is 13.4 Å². The lowest BCUT2D eigenvalue weighted by Crippen LogP contribution is -2.33. The Morgan fingerprint density at radius 2 is 2.22 bits per heavy atom. The smallest absolute Gasteiger partial charge is 0.307 e. The number of aryl methyl sites for hydroxylation is 1. The Labute approximate surface area is 110 Å². The molecule has 6 nitrogen and oxygen atoms in total. The monoisotopic (exact) mass is 292 g/mol. The van der Waals surface area contributed by atoms with Gasteiger partial charge in [0.15, 0.2) is 4.21 Å². The van der Waals surface area contributed by atoms with Crippen molar-refractivity contribution in [1.29, 1.82) is 0 Å². The molecule has 0 aliphatic carbocycles. The first kappa shape index (κ1) is 15.1. The third-order valence-corrected chi connectivity index (χ3v) is 5.85. The molecule has 8 heteroatoms. The number of rotatable bonds is 6. The molecule has 1 aromatic heterocycles. The second-order valence-electron chi connectivity index (χ2n) is 3.95. The zero-order chi connectivity index (χ0) is 13.9. The van der Waals surface area contributed by atoms with Crippen LogP contribution in [-0.4, -0.2) is 42.4 Å². The van der Waals surface area contributed by atoms with Gasteiger partial charge >= 0.3 is 5.97 Å². The van der Waals surface area contributed by atoms with Crippen molar-refractivity contribution in [3.8, 4) is 0 Å². The van der Waals surface area contributed by atoms with Crippen LogP contribution in [-0.2, 0) is 21.2 Å². The van der Waals surface area contributed by atoms with Gasteiger partial charge in [0, 0.05) is 13.6 Å². The van der Waals surface area contributed by atoms with Gasteiger partial charge in [-0.2, -0.15) is 4.31 Å². The maximum atomic E-state index is 12.1. The quantitative estimate of drug-likeness (QED) is 0.846. The number of sulfonamides is 1. The highest BCUT2D eigenvalue weighted by atomic mass is 32.2. The van der Waals surface area contributed by atoms with Crippen molar-refractivity contribution in [3.05, 3.63) is 11.2 Å². The van der Waals surface area contributed by atoms with E-state index in [1.54, 1.807) is 0 Å². The molecule has 1 rings (SSSR count). The molecule has 102 valence electrons. The minimum atomic E-state index is -3.63. The van der Waals surface area contributed by atoms with Crippen molar-refractivity contribution in [1.82, 2.24) is 9.29 Å². The van der Waals surface area contributed by atoms with Crippen molar-refractivity contribution in [3.63, 3.8) is 0 Å². The van der Waals surface area contributed by atoms with Crippen LogP contribution in [0.3, 0.4) is 0 Å². The Kier molecular flexibility index (Phi) is 4.83. The summed E-state index contributed by atoms with van der Waals surface area (Å²) in [6, 6.07) is 0. The third kappa shape index (κ3) is 3.27. The molecule has 0 saturated carbocycles. The number of hydrogen-bond acceptors (Lipinski definition) is 5. The molecule has 1 atom stereocenters. The van der Waals surface area contributed by atoms with Crippen LogP contribution in [0.25, 0.3) is 0 Å². The van der Waals surface area contributed by atoms with E-state index in [1.807, 2.05) is 6.92 Å². The van der Waals surface area contributed by atoms with Crippen LogP contribution in [0.5, 0.6) is 0 Å². The maximum Gasteiger partial charge on any atom is 0.307 e. The van der Waals surface area contributed by atoms with E-state index >= 15 is 0 Å². The van der Waals surface area contributed by atoms with E-state index < -0.39 is 21.9 Å². The molecular formula is C10H16N2O4S2. The largest absolute Gasteiger partial charge is 0.481 e. The number of carboxylic acids is 1. The summed E-state index contributed by atoms with van der Waals surface area (Å²) in [4.78, 5) is 14.7. The van der Waals surface area contributed by atoms with Gasteiger partial charge in [0.2, 0.25) is 0 Å². The Bertz CT molecular complexity index is 524. The lowest BCUT2D eigenvalue weighted by molar-refractivity contribution is -0.141. The number of thiazole rings is 1. The molecule has 1 N–H and O–H groups in total. The summed E-state index contributed by atoms with van der Waals surface area (Å²) in [5, 5.41) is 9.52. The number of carbonyl (C=O) groups is 1. The molecule has 0 radical (unpaired) electrons. The Hall–Kier alpha value is -0.990. The second kappa shape index (κ2) is 5.77. The van der Waals surface area contributed by atoms with Crippen molar-refractivity contribution < 1.29 is 18.3 Å². The van der Waals surface area contributed by atoms with Crippen LogP contribution in [0.4, 0.5) is 0 Å². The normalized spacial score (nSPS) is 13.8. The van der Waals surface area contributed by atoms with E-state index in [0.717, 1.165) is 20.6 Å². The van der Waals surface area contributed by atoms with Crippen LogP contribution in [0, 0.1) is 5.92 Å². The topological polar surface area (TPSA) is 87.6 Å². The number of carboxylic acid groups (broad SMARTS) is 1. The molecule has 0 spiro atoms. The van der Waals surface area contributed by atoms with Crippen molar-refractivity contribution >= 4 is 27.3 Å². The second-order valence-corrected chi connectivity index (χ2v) is 7.34. The Balaban J connectivity index is 2.89. The van der Waals surface area contributed by atoms with Gasteiger partial charge in [0.1, 0.15) is 0 Å². The highest BCUT2D eigenvalue weighted by Crippen LogP contribution is 2.22. The molecule has 1 unspecified atom stereocenters. The van der Waals surface area contributed by atoms with E-state index in [4.69, 9.17) is 5.11 Å². The molecule has 0 fully saturated rings. The van der Waals surface area contributed by atoms with Crippen LogP contribution in [0.2, 0.25) is 0 Å². The van der Waals surface area contributed by atoms with Gasteiger partial charge in [-0.1, -0.05) is 13.8 Å². The molecule has 1 aromatic rings. The van der Waals surface area contributed by atoms with Gasteiger partial charge < -0.3 is 5.11 Å². The summed E-state index contributed by atoms with van der Waals surface area (Å²) >= 11 is 1.12. The fourth-order valence-corrected chi connectivity index (χ4v) is 3.88. The predicted octanol–water partition coefficient (Wildman–Crippen LogP) is 1.05. The van der Waals surface area contributed by atoms with Gasteiger partial charge in [0.05, 0.1) is 17.1 Å². The van der Waals surface area contributed by atoms with Crippen LogP contribution in [0.1, 0.15) is 18.9 Å². The molecule has 1 heterocycles. The Morgan fingerprint density at radius 3 is 2.67 bits per heavy atom. The number of nitrogens with zero attached hydrogens (tertiary/aromatic N) is 2. The third-order valence-electron chi connectivity index (χ3n) is 2.45. The van der Waals surface area contributed by atoms with Crippen LogP contribution >= 0.6 is 11.3 Å². The maximum absolute atomic E-state index is 12.1. The average molecular weight is 292 g/mol. The van der Waals surface area contributed by atoms with Crippen molar-refractivity contribution in [2.45, 2.75) is 24.5 Å². The first-order valence-electron chi connectivity index (χ1n) is 5.42. The minimum Gasteiger partial charge on any atom is -0.481 e. The summed E-state index contributed by atoms with van der Waals surface area (Å²) in [6.07, 6.45) is 2.00. The summed E-state index contributed by atoms with van der Waals surface area (Å²) in [6.45, 7) is 3.31. The van der Waals surface area contributed by atoms with Crippen molar-refractivity contribution in [2.24, 2.45) is 5.92 Å². The molecule has 0 aliphatic heterocycles. The van der Waals surface area contributed by atoms with Crippen LogP contribution in [0.15, 0.2) is 10.4 Å². The van der Waals surface area contributed by atoms with E-state index in [0.29, 0.717) is 6.42 Å². The summed E-state index contributed by atoms with van der Waals surface area (Å²) in [7, 11) is -2.26. The molecule has 0 saturated heterocycles. The fraction of sp³-hybridized carbons (Fsp3) is 0.600. The lowest BCUT2D eigenvalue weighted by Gasteiger charge is -2.17. The fourth-order valence-electron chi connectivity index (χ4n) is 1.29. The summed E-state index contributed by atoms with van der Waals surface area (Å²) < 4.78 is 25.5. The van der Waals surface area contributed by atoms with Crippen LogP contribution < -0.4 is 0 Å². The highest BCUT2D eigenvalue weighted by molar-refractivity contribution is 7.91. The van der Waals surface area contributed by atoms with Gasteiger partial charge in [0.25, 0.3) is 10.0 Å². The number of aromatic nitrogens is 1. The lowest BCUT2D eigenvalue weighted by atomic mass is 10.2. The minimum absolute atomic E-state index is 0.0585. The molecule has 18 heavy (non-hydrogen) atoms. The van der Waals surface area contributed by atoms with Gasteiger partial charge in [-0.15, -0.1) is 11.3 Å². The van der Waals surface area contributed by atoms with E-state index in [1.165, 1.54) is 20.2 Å². The molecule has 0 bridgehead atoms. The predicted molar refractivity (Wildman–Crippen MR) is 68.1 cm³/mol. The number of hydrogen-bond donors (Lipinski definition) is 1. The summed E-state index contributed by atoms with van der Waals surface area (Å²) in [5.74, 6) is -1.76. The van der Waals surface area contributed by atoms with Gasteiger partial charge in [-0.3, -0.25) is 4.79 Å². The molecule has 0 aliphatic rings. The Morgan fingerprint density at radius 1 is 1.61 bits per heavy atom. The first-order valence-corrected chi connectivity index (χ1v) is 7.68. The SMILES string of the molecule is CCc1ncc(S(=O)(=O)N(C)CC(C)C(=O)O)s1. The van der Waals surface area contributed by atoms with Crippen molar-refractivity contribution in [2.75, 3.05) is 13.6 Å². The molecule has 0 aromatic carbocycles. The first-order chi connectivity index (χ1) is 8.28. The zero-order valence-corrected chi connectivity index (χ0v) is 12.1. The summed E-state index contributed by atoms with van der Waals surface area (Å²) in [5.41, 5.74) is 0. The molecular weight excluding hydrogens is 276 g/mol. The highest BCUT2D eigenvalue weighted by Gasteiger charge is 2.26. The van der Waals surface area contributed by atoms with Gasteiger partial charge in [-0.05, 0) is 6.42 Å². The molecule has 0 amide bonds. The number of aliphatic carboxylic acids is 1. The standard InChI is InChI=1S/C10H16N2O4S2/c1-4-8-11-5-9(17-8)18(15,16)12(3)6-7(2)10(13)14/h5,7H,4,6H2,1-3H3,(H,13,14). The van der Waals surface area contributed by atoms with E-state index in [9.17, 15) is 13.2 Å². The van der Waals surface area contributed by atoms with E-state index in [-0.39, 0.29) is 10.8 Å².